The van der Waals surface area contributed by atoms with E-state index in [0.29, 0.717) is 54.2 Å². The van der Waals surface area contributed by atoms with Crippen molar-refractivity contribution in [1.29, 1.82) is 0 Å². The fourth-order valence-corrected chi connectivity index (χ4v) is 5.99. The van der Waals surface area contributed by atoms with Crippen LogP contribution in [-0.4, -0.2) is 99.5 Å². The Morgan fingerprint density at radius 1 is 1.08 bits per heavy atom. The fourth-order valence-electron chi connectivity index (χ4n) is 4.30. The van der Waals surface area contributed by atoms with Gasteiger partial charge in [-0.3, -0.25) is 5.32 Å². The zero-order valence-electron chi connectivity index (χ0n) is 21.2. The van der Waals surface area contributed by atoms with Crippen molar-refractivity contribution < 1.29 is 17.9 Å². The molecular weight excluding hydrogens is 504 g/mol. The van der Waals surface area contributed by atoms with Crippen LogP contribution in [0.2, 0.25) is 0 Å². The Bertz CT molecular complexity index is 1170. The normalized spacial score (nSPS) is 17.9. The first-order chi connectivity index (χ1) is 17.1. The first-order valence-corrected chi connectivity index (χ1v) is 14.8. The number of esters is 1. The van der Waals surface area contributed by atoms with E-state index in [9.17, 15) is 13.2 Å². The summed E-state index contributed by atoms with van der Waals surface area (Å²) in [4.78, 5) is 33.4. The number of nitrogens with zero attached hydrogens (tertiary/aromatic N) is 6. The van der Waals surface area contributed by atoms with Gasteiger partial charge in [-0.25, -0.2) is 22.9 Å². The molecule has 4 rings (SSSR count). The van der Waals surface area contributed by atoms with E-state index in [-0.39, 0.29) is 12.0 Å². The lowest BCUT2D eigenvalue weighted by Gasteiger charge is -2.35. The van der Waals surface area contributed by atoms with Gasteiger partial charge >= 0.3 is 5.97 Å². The van der Waals surface area contributed by atoms with Crippen LogP contribution in [0.4, 0.5) is 22.7 Å². The fraction of sp³-hybridized carbons (Fsp3) is 0.636. The van der Waals surface area contributed by atoms with Crippen LogP contribution in [0.5, 0.6) is 0 Å². The highest BCUT2D eigenvalue weighted by molar-refractivity contribution is 7.88. The lowest BCUT2D eigenvalue weighted by atomic mass is 10.1. The number of carbonyl (C=O) groups excluding carboxylic acids is 1. The molecule has 2 saturated heterocycles. The van der Waals surface area contributed by atoms with Gasteiger partial charge in [-0.2, -0.15) is 9.97 Å². The summed E-state index contributed by atoms with van der Waals surface area (Å²) in [5, 5.41) is 3.71. The van der Waals surface area contributed by atoms with E-state index < -0.39 is 10.0 Å². The van der Waals surface area contributed by atoms with Gasteiger partial charge in [-0.1, -0.05) is 11.3 Å². The summed E-state index contributed by atoms with van der Waals surface area (Å²) in [6, 6.07) is 1.92. The molecule has 2 aromatic rings. The second-order valence-electron chi connectivity index (χ2n) is 9.13. The molecule has 4 heterocycles. The van der Waals surface area contributed by atoms with Crippen LogP contribution in [0.15, 0.2) is 6.07 Å². The number of likely N-dealkylation sites (N-methyl/N-ethyl adjacent to an activating group) is 1. The lowest BCUT2D eigenvalue weighted by molar-refractivity contribution is 0.0531. The van der Waals surface area contributed by atoms with Crippen molar-refractivity contribution >= 4 is 50.0 Å². The molecular formula is C22H34N8O4S2. The number of hydrogen-bond donors (Lipinski definition) is 2. The summed E-state index contributed by atoms with van der Waals surface area (Å²) in [7, 11) is -1.13. The van der Waals surface area contributed by atoms with E-state index in [2.05, 4.69) is 36.8 Å². The number of aryl methyl sites for hydroxylation is 1. The van der Waals surface area contributed by atoms with Crippen molar-refractivity contribution in [3.63, 3.8) is 0 Å². The Morgan fingerprint density at radius 2 is 1.69 bits per heavy atom. The van der Waals surface area contributed by atoms with Crippen LogP contribution in [0.1, 0.15) is 35.1 Å². The van der Waals surface area contributed by atoms with E-state index in [1.807, 2.05) is 6.07 Å². The van der Waals surface area contributed by atoms with Crippen molar-refractivity contribution in [3.8, 4) is 0 Å². The Balaban J connectivity index is 1.57. The average Bonchev–Trinajstić information content (AvgIpc) is 3.19. The Hall–Kier alpha value is -2.55. The van der Waals surface area contributed by atoms with Gasteiger partial charge in [0.1, 0.15) is 16.5 Å². The summed E-state index contributed by atoms with van der Waals surface area (Å²) in [5.41, 5.74) is 0.594. The number of piperidine rings is 1. The molecule has 12 nitrogen and oxygen atoms in total. The third kappa shape index (κ3) is 6.81. The summed E-state index contributed by atoms with van der Waals surface area (Å²) in [5.74, 6) is 1.62. The van der Waals surface area contributed by atoms with Crippen molar-refractivity contribution in [3.05, 3.63) is 16.6 Å². The molecule has 0 amide bonds. The number of piperazine rings is 1. The van der Waals surface area contributed by atoms with Crippen molar-refractivity contribution in [1.82, 2.24) is 24.6 Å². The Labute approximate surface area is 216 Å². The SMILES string of the molecule is CCOC(=O)c1sc(Nc2nc(N3CCC(NS(C)(=O)=O)CC3)cc(N3CCN(C)CC3)n2)nc1C. The predicted molar refractivity (Wildman–Crippen MR) is 141 cm³/mol. The van der Waals surface area contributed by atoms with Gasteiger partial charge in [0.15, 0.2) is 5.13 Å². The molecule has 2 aromatic heterocycles. The minimum Gasteiger partial charge on any atom is -0.462 e. The molecule has 0 aliphatic carbocycles. The number of anilines is 4. The zero-order valence-corrected chi connectivity index (χ0v) is 22.8. The number of carbonyl (C=O) groups is 1. The standard InChI is InChI=1S/C22H34N8O4S2/c1-5-34-20(31)19-15(2)23-22(35-19)26-21-24-17(14-18(25-21)30-12-10-28(3)11-13-30)29-8-6-16(7-9-29)27-36(4,32)33/h14,16,27H,5-13H2,1-4H3,(H,23,24,25,26). The van der Waals surface area contributed by atoms with E-state index >= 15 is 0 Å². The van der Waals surface area contributed by atoms with Crippen LogP contribution in [0.25, 0.3) is 0 Å². The van der Waals surface area contributed by atoms with Gasteiger partial charge in [0, 0.05) is 51.4 Å². The maximum atomic E-state index is 12.2. The number of hydrogen-bond acceptors (Lipinski definition) is 12. The number of aromatic nitrogens is 3. The van der Waals surface area contributed by atoms with E-state index in [0.717, 1.165) is 37.8 Å². The monoisotopic (exact) mass is 538 g/mol. The third-order valence-corrected chi connectivity index (χ3v) is 8.02. The second-order valence-corrected chi connectivity index (χ2v) is 11.9. The van der Waals surface area contributed by atoms with Crippen LogP contribution in [0, 0.1) is 6.92 Å². The molecule has 0 atom stereocenters. The molecule has 2 N–H and O–H groups in total. The predicted octanol–water partition coefficient (Wildman–Crippen LogP) is 1.43. The van der Waals surface area contributed by atoms with Crippen LogP contribution >= 0.6 is 11.3 Å². The smallest absolute Gasteiger partial charge is 0.350 e. The van der Waals surface area contributed by atoms with E-state index in [1.165, 1.54) is 17.6 Å². The van der Waals surface area contributed by atoms with Gasteiger partial charge in [-0.15, -0.1) is 0 Å². The molecule has 2 aliphatic heterocycles. The van der Waals surface area contributed by atoms with Gasteiger partial charge < -0.3 is 19.4 Å². The molecule has 14 heteroatoms. The molecule has 0 aromatic carbocycles. The Morgan fingerprint density at radius 3 is 2.28 bits per heavy atom. The lowest BCUT2D eigenvalue weighted by Crippen LogP contribution is -2.45. The molecule has 0 radical (unpaired) electrons. The maximum absolute atomic E-state index is 12.2. The summed E-state index contributed by atoms with van der Waals surface area (Å²) >= 11 is 1.22. The zero-order chi connectivity index (χ0) is 25.9. The molecule has 0 unspecified atom stereocenters. The molecule has 0 bridgehead atoms. The molecule has 0 spiro atoms. The highest BCUT2D eigenvalue weighted by atomic mass is 32.2. The molecule has 2 fully saturated rings. The number of thiazole rings is 1. The number of nitrogens with one attached hydrogen (secondary N) is 2. The van der Waals surface area contributed by atoms with Gasteiger partial charge in [0.05, 0.1) is 18.6 Å². The van der Waals surface area contributed by atoms with Crippen LogP contribution < -0.4 is 19.8 Å². The maximum Gasteiger partial charge on any atom is 0.350 e. The molecule has 36 heavy (non-hydrogen) atoms. The average molecular weight is 539 g/mol. The van der Waals surface area contributed by atoms with Gasteiger partial charge in [0.25, 0.3) is 0 Å². The molecule has 0 saturated carbocycles. The van der Waals surface area contributed by atoms with Crippen LogP contribution in [0.3, 0.4) is 0 Å². The highest BCUT2D eigenvalue weighted by Crippen LogP contribution is 2.29. The van der Waals surface area contributed by atoms with Crippen LogP contribution in [-0.2, 0) is 14.8 Å². The van der Waals surface area contributed by atoms with Crippen molar-refractivity contribution in [2.24, 2.45) is 0 Å². The van der Waals surface area contributed by atoms with E-state index in [4.69, 9.17) is 14.7 Å². The Kier molecular flexibility index (Phi) is 8.27. The second kappa shape index (κ2) is 11.2. The van der Waals surface area contributed by atoms with Crippen molar-refractivity contribution in [2.75, 3.05) is 74.3 Å². The minimum absolute atomic E-state index is 0.0765. The quantitative estimate of drug-likeness (QED) is 0.473. The van der Waals surface area contributed by atoms with Crippen molar-refractivity contribution in [2.45, 2.75) is 32.7 Å². The van der Waals surface area contributed by atoms with E-state index in [1.54, 1.807) is 13.8 Å². The highest BCUT2D eigenvalue weighted by Gasteiger charge is 2.25. The topological polar surface area (TPSA) is 133 Å². The molecule has 198 valence electrons. The van der Waals surface area contributed by atoms with Gasteiger partial charge in [-0.05, 0) is 33.7 Å². The number of ether oxygens (including phenoxy) is 1. The summed E-state index contributed by atoms with van der Waals surface area (Å²) in [6.45, 7) is 8.80. The first-order valence-electron chi connectivity index (χ1n) is 12.1. The molecule has 2 aliphatic rings. The largest absolute Gasteiger partial charge is 0.462 e. The summed E-state index contributed by atoms with van der Waals surface area (Å²) in [6.07, 6.45) is 2.58. The summed E-state index contributed by atoms with van der Waals surface area (Å²) < 4.78 is 31.1. The minimum atomic E-state index is -3.24. The first kappa shape index (κ1) is 26.5. The number of rotatable bonds is 8. The third-order valence-electron chi connectivity index (χ3n) is 6.20. The number of sulfonamides is 1. The van der Waals surface area contributed by atoms with Gasteiger partial charge in [0.2, 0.25) is 16.0 Å².